The topological polar surface area (TPSA) is 97.9 Å². The molecule has 0 aliphatic carbocycles. The number of amides is 1. The number of hydrogen-bond acceptors (Lipinski definition) is 7. The Morgan fingerprint density at radius 2 is 1.88 bits per heavy atom. The fourth-order valence-electron chi connectivity index (χ4n) is 2.97. The maximum Gasteiger partial charge on any atom is 0.276 e. The van der Waals surface area contributed by atoms with Gasteiger partial charge in [0.1, 0.15) is 23.8 Å². The summed E-state index contributed by atoms with van der Waals surface area (Å²) >= 11 is 0. The van der Waals surface area contributed by atoms with E-state index < -0.39 is 0 Å². The SMILES string of the molecule is Cc1nc(N2CCN(C(=O)c3cn(C)nn3)CC2)cc(-n2ccnc2)n1. The van der Waals surface area contributed by atoms with Crippen molar-refractivity contribution in [3.63, 3.8) is 0 Å². The monoisotopic (exact) mass is 353 g/mol. The average Bonchev–Trinajstić information content (AvgIpc) is 3.32. The molecule has 0 saturated carbocycles. The smallest absolute Gasteiger partial charge is 0.276 e. The first-order chi connectivity index (χ1) is 12.6. The average molecular weight is 353 g/mol. The molecule has 10 heteroatoms. The van der Waals surface area contributed by atoms with Gasteiger partial charge in [-0.2, -0.15) is 0 Å². The Morgan fingerprint density at radius 3 is 2.54 bits per heavy atom. The third-order valence-corrected chi connectivity index (χ3v) is 4.29. The maximum absolute atomic E-state index is 12.5. The molecule has 0 radical (unpaired) electrons. The first-order valence-electron chi connectivity index (χ1n) is 8.35. The van der Waals surface area contributed by atoms with Crippen LogP contribution in [0, 0.1) is 6.92 Å². The van der Waals surface area contributed by atoms with Gasteiger partial charge in [0.2, 0.25) is 0 Å². The standard InChI is InChI=1S/C16H19N9O/c1-12-18-14(9-15(19-12)25-4-3-17-11-25)23-5-7-24(8-6-23)16(26)13-10-22(2)21-20-13/h3-4,9-11H,5-8H2,1-2H3. The Labute approximate surface area is 150 Å². The number of carbonyl (C=O) groups excluding carboxylic acids is 1. The van der Waals surface area contributed by atoms with E-state index in [0.29, 0.717) is 37.7 Å². The molecule has 1 fully saturated rings. The molecule has 3 aromatic rings. The van der Waals surface area contributed by atoms with Crippen LogP contribution in [0.2, 0.25) is 0 Å². The first-order valence-corrected chi connectivity index (χ1v) is 8.35. The molecule has 1 amide bonds. The van der Waals surface area contributed by atoms with Crippen LogP contribution in [0.4, 0.5) is 5.82 Å². The molecule has 0 N–H and O–H groups in total. The second kappa shape index (κ2) is 6.54. The molecule has 0 spiro atoms. The van der Waals surface area contributed by atoms with Crippen molar-refractivity contribution in [2.75, 3.05) is 31.1 Å². The van der Waals surface area contributed by atoms with Crippen LogP contribution in [0.25, 0.3) is 5.82 Å². The summed E-state index contributed by atoms with van der Waals surface area (Å²) in [5.41, 5.74) is 0.376. The van der Waals surface area contributed by atoms with Gasteiger partial charge in [0.05, 0.1) is 6.20 Å². The summed E-state index contributed by atoms with van der Waals surface area (Å²) < 4.78 is 3.39. The molecular formula is C16H19N9O. The summed E-state index contributed by atoms with van der Waals surface area (Å²) in [5.74, 6) is 2.25. The van der Waals surface area contributed by atoms with Crippen LogP contribution in [0.3, 0.4) is 0 Å². The van der Waals surface area contributed by atoms with Crippen LogP contribution in [-0.4, -0.2) is 71.5 Å². The van der Waals surface area contributed by atoms with Gasteiger partial charge in [-0.1, -0.05) is 5.21 Å². The van der Waals surface area contributed by atoms with Crippen LogP contribution in [0.5, 0.6) is 0 Å². The van der Waals surface area contributed by atoms with Gasteiger partial charge in [-0.15, -0.1) is 5.10 Å². The molecule has 0 atom stereocenters. The molecule has 134 valence electrons. The van der Waals surface area contributed by atoms with Crippen molar-refractivity contribution in [2.45, 2.75) is 6.92 Å². The summed E-state index contributed by atoms with van der Waals surface area (Å²) in [4.78, 5) is 29.5. The second-order valence-electron chi connectivity index (χ2n) is 6.16. The fraction of sp³-hybridized carbons (Fsp3) is 0.375. The van der Waals surface area contributed by atoms with Crippen molar-refractivity contribution in [2.24, 2.45) is 7.05 Å². The van der Waals surface area contributed by atoms with Crippen LogP contribution >= 0.6 is 0 Å². The molecule has 0 aromatic carbocycles. The molecule has 26 heavy (non-hydrogen) atoms. The van der Waals surface area contributed by atoms with Crippen molar-refractivity contribution in [3.8, 4) is 5.82 Å². The summed E-state index contributed by atoms with van der Waals surface area (Å²) in [6.07, 6.45) is 6.92. The van der Waals surface area contributed by atoms with Gasteiger partial charge in [0.25, 0.3) is 5.91 Å². The van der Waals surface area contributed by atoms with E-state index >= 15 is 0 Å². The molecule has 4 rings (SSSR count). The highest BCUT2D eigenvalue weighted by Crippen LogP contribution is 2.18. The number of rotatable bonds is 3. The van der Waals surface area contributed by atoms with E-state index in [0.717, 1.165) is 11.6 Å². The Balaban J connectivity index is 1.47. The summed E-state index contributed by atoms with van der Waals surface area (Å²) in [6, 6.07) is 1.94. The predicted octanol–water partition coefficient (Wildman–Crippen LogP) is 0.0616. The molecule has 10 nitrogen and oxygen atoms in total. The van der Waals surface area contributed by atoms with E-state index in [1.54, 1.807) is 30.7 Å². The highest BCUT2D eigenvalue weighted by atomic mass is 16.2. The lowest BCUT2D eigenvalue weighted by atomic mass is 10.2. The molecule has 1 aliphatic rings. The molecule has 4 heterocycles. The van der Waals surface area contributed by atoms with Crippen molar-refractivity contribution in [1.29, 1.82) is 0 Å². The third kappa shape index (κ3) is 3.13. The van der Waals surface area contributed by atoms with Gasteiger partial charge >= 0.3 is 0 Å². The van der Waals surface area contributed by atoms with E-state index in [-0.39, 0.29) is 5.91 Å². The third-order valence-electron chi connectivity index (χ3n) is 4.29. The number of anilines is 1. The van der Waals surface area contributed by atoms with Gasteiger partial charge in [0, 0.05) is 51.7 Å². The Kier molecular flexibility index (Phi) is 4.07. The lowest BCUT2D eigenvalue weighted by Gasteiger charge is -2.35. The fourth-order valence-corrected chi connectivity index (χ4v) is 2.97. The molecule has 1 saturated heterocycles. The van der Waals surface area contributed by atoms with Gasteiger partial charge in [0.15, 0.2) is 5.69 Å². The first kappa shape index (κ1) is 16.2. The minimum absolute atomic E-state index is 0.0873. The van der Waals surface area contributed by atoms with Crippen molar-refractivity contribution in [1.82, 2.24) is 39.4 Å². The minimum atomic E-state index is -0.0873. The lowest BCUT2D eigenvalue weighted by Crippen LogP contribution is -2.49. The Hall–Kier alpha value is -3.30. The number of hydrogen-bond donors (Lipinski definition) is 0. The van der Waals surface area contributed by atoms with Gasteiger partial charge in [-0.05, 0) is 6.92 Å². The van der Waals surface area contributed by atoms with E-state index in [1.807, 2.05) is 23.8 Å². The van der Waals surface area contributed by atoms with Crippen molar-refractivity contribution in [3.05, 3.63) is 42.5 Å². The Bertz CT molecular complexity index is 910. The van der Waals surface area contributed by atoms with Crippen molar-refractivity contribution < 1.29 is 4.79 Å². The number of aromatic nitrogens is 7. The maximum atomic E-state index is 12.5. The highest BCUT2D eigenvalue weighted by Gasteiger charge is 2.25. The van der Waals surface area contributed by atoms with Crippen LogP contribution < -0.4 is 4.90 Å². The van der Waals surface area contributed by atoms with Crippen LogP contribution in [-0.2, 0) is 7.05 Å². The van der Waals surface area contributed by atoms with Crippen LogP contribution in [0.1, 0.15) is 16.3 Å². The zero-order chi connectivity index (χ0) is 18.1. The van der Waals surface area contributed by atoms with E-state index in [2.05, 4.69) is 30.2 Å². The normalized spacial score (nSPS) is 14.7. The number of aryl methyl sites for hydroxylation is 2. The van der Waals surface area contributed by atoms with Gasteiger partial charge in [-0.3, -0.25) is 14.0 Å². The summed E-state index contributed by atoms with van der Waals surface area (Å²) in [6.45, 7) is 4.49. The van der Waals surface area contributed by atoms with Gasteiger partial charge in [-0.25, -0.2) is 15.0 Å². The highest BCUT2D eigenvalue weighted by molar-refractivity contribution is 5.92. The summed E-state index contributed by atoms with van der Waals surface area (Å²) in [7, 11) is 1.75. The van der Waals surface area contributed by atoms with E-state index in [4.69, 9.17) is 0 Å². The van der Waals surface area contributed by atoms with Crippen molar-refractivity contribution >= 4 is 11.7 Å². The van der Waals surface area contributed by atoms with E-state index in [1.165, 1.54) is 4.68 Å². The number of imidazole rings is 1. The molecule has 0 bridgehead atoms. The predicted molar refractivity (Wildman–Crippen MR) is 93.0 cm³/mol. The largest absolute Gasteiger partial charge is 0.353 e. The summed E-state index contributed by atoms with van der Waals surface area (Å²) in [5, 5.41) is 7.72. The zero-order valence-electron chi connectivity index (χ0n) is 14.6. The molecule has 1 aliphatic heterocycles. The molecule has 3 aromatic heterocycles. The lowest BCUT2D eigenvalue weighted by molar-refractivity contribution is 0.0740. The second-order valence-corrected chi connectivity index (χ2v) is 6.16. The molecule has 0 unspecified atom stereocenters. The zero-order valence-corrected chi connectivity index (χ0v) is 14.6. The van der Waals surface area contributed by atoms with Crippen LogP contribution in [0.15, 0.2) is 31.0 Å². The Morgan fingerprint density at radius 1 is 1.12 bits per heavy atom. The number of nitrogens with zero attached hydrogens (tertiary/aromatic N) is 9. The minimum Gasteiger partial charge on any atom is -0.353 e. The quantitative estimate of drug-likeness (QED) is 0.657. The molecular weight excluding hydrogens is 334 g/mol. The van der Waals surface area contributed by atoms with E-state index in [9.17, 15) is 4.79 Å². The number of carbonyl (C=O) groups is 1. The van der Waals surface area contributed by atoms with Gasteiger partial charge < -0.3 is 9.80 Å². The number of piperazine rings is 1.